The van der Waals surface area contributed by atoms with E-state index in [0.717, 1.165) is 29.7 Å². The van der Waals surface area contributed by atoms with Crippen molar-refractivity contribution < 1.29 is 18.7 Å². The number of hydrogen-bond donors (Lipinski definition) is 0. The maximum absolute atomic E-state index is 14.4. The highest BCUT2D eigenvalue weighted by atomic mass is 32.2. The first kappa shape index (κ1) is 18.1. The summed E-state index contributed by atoms with van der Waals surface area (Å²) in [7, 11) is 0. The van der Waals surface area contributed by atoms with E-state index in [2.05, 4.69) is 0 Å². The van der Waals surface area contributed by atoms with Gasteiger partial charge in [0.2, 0.25) is 0 Å². The normalized spacial score (nSPS) is 20.0. The second-order valence-electron chi connectivity index (χ2n) is 7.27. The molecule has 148 valence electrons. The minimum absolute atomic E-state index is 0.0502. The van der Waals surface area contributed by atoms with E-state index >= 15 is 0 Å². The zero-order valence-electron chi connectivity index (χ0n) is 15.5. The van der Waals surface area contributed by atoms with E-state index < -0.39 is 0 Å². The Hall–Kier alpha value is -1.90. The van der Waals surface area contributed by atoms with E-state index in [4.69, 9.17) is 14.6 Å². The van der Waals surface area contributed by atoms with Crippen LogP contribution in [0.5, 0.6) is 0 Å². The fraction of sp³-hybridized carbons (Fsp3) is 0.500. The van der Waals surface area contributed by atoms with Crippen molar-refractivity contribution in [2.75, 3.05) is 39.5 Å². The molecule has 3 aliphatic rings. The van der Waals surface area contributed by atoms with Crippen LogP contribution >= 0.6 is 11.8 Å². The van der Waals surface area contributed by atoms with Gasteiger partial charge < -0.3 is 14.4 Å². The van der Waals surface area contributed by atoms with E-state index in [0.29, 0.717) is 55.9 Å². The monoisotopic (exact) mass is 403 g/mol. The molecule has 5 rings (SSSR count). The van der Waals surface area contributed by atoms with Crippen molar-refractivity contribution in [3.05, 3.63) is 35.3 Å². The van der Waals surface area contributed by atoms with Crippen LogP contribution in [-0.2, 0) is 15.2 Å². The molecular formula is C20H22FN3O3S. The molecule has 1 aromatic carbocycles. The lowest BCUT2D eigenvalue weighted by Crippen LogP contribution is -2.41. The number of fused-ring (bicyclic) bond motifs is 3. The van der Waals surface area contributed by atoms with Crippen LogP contribution in [0.25, 0.3) is 11.3 Å². The number of nitrogens with zero attached hydrogens (tertiary/aromatic N) is 3. The van der Waals surface area contributed by atoms with Crippen LogP contribution in [0.4, 0.5) is 4.39 Å². The summed E-state index contributed by atoms with van der Waals surface area (Å²) >= 11 is 1.45. The van der Waals surface area contributed by atoms with E-state index in [1.54, 1.807) is 6.07 Å². The number of carbonyl (C=O) groups excluding carboxylic acids is 1. The first-order chi connectivity index (χ1) is 13.7. The Balaban J connectivity index is 1.63. The number of morpholine rings is 1. The Morgan fingerprint density at radius 1 is 1.14 bits per heavy atom. The Bertz CT molecular complexity index is 904. The second-order valence-corrected chi connectivity index (χ2v) is 8.26. The average molecular weight is 403 g/mol. The van der Waals surface area contributed by atoms with Crippen molar-refractivity contribution in [1.29, 1.82) is 0 Å². The summed E-state index contributed by atoms with van der Waals surface area (Å²) in [6.45, 7) is 3.62. The number of benzene rings is 1. The van der Waals surface area contributed by atoms with Crippen molar-refractivity contribution in [2.45, 2.75) is 29.5 Å². The SMILES string of the molecule is O=C(c1nn(C2CCOCC2)c2c1CSc1c(F)cccc1-2)N1CCOCC1. The number of thioether (sulfide) groups is 1. The summed E-state index contributed by atoms with van der Waals surface area (Å²) in [4.78, 5) is 15.7. The van der Waals surface area contributed by atoms with Gasteiger partial charge in [-0.3, -0.25) is 9.48 Å². The van der Waals surface area contributed by atoms with Crippen LogP contribution in [0.3, 0.4) is 0 Å². The molecule has 3 aliphatic heterocycles. The van der Waals surface area contributed by atoms with Gasteiger partial charge in [0.05, 0.1) is 29.8 Å². The lowest BCUT2D eigenvalue weighted by atomic mass is 10.0. The highest BCUT2D eigenvalue weighted by molar-refractivity contribution is 7.98. The molecule has 0 radical (unpaired) electrons. The molecule has 6 nitrogen and oxygen atoms in total. The lowest BCUT2D eigenvalue weighted by molar-refractivity contribution is 0.0296. The topological polar surface area (TPSA) is 56.6 Å². The molecule has 0 saturated carbocycles. The molecular weight excluding hydrogens is 381 g/mol. The highest BCUT2D eigenvalue weighted by Gasteiger charge is 2.34. The maximum Gasteiger partial charge on any atom is 0.274 e. The van der Waals surface area contributed by atoms with Crippen LogP contribution in [0.2, 0.25) is 0 Å². The van der Waals surface area contributed by atoms with Crippen molar-refractivity contribution in [3.63, 3.8) is 0 Å². The van der Waals surface area contributed by atoms with Crippen LogP contribution in [0.1, 0.15) is 34.9 Å². The third kappa shape index (κ3) is 3.03. The number of carbonyl (C=O) groups is 1. The Labute approximate surface area is 167 Å². The minimum atomic E-state index is -0.214. The molecule has 0 N–H and O–H groups in total. The molecule has 0 aliphatic carbocycles. The standard InChI is InChI=1S/C20H22FN3O3S/c21-16-3-1-2-14-18-15(12-28-19(14)16)17(20(25)23-6-10-27-11-7-23)22-24(18)13-4-8-26-9-5-13/h1-3,13H,4-12H2. The molecule has 0 unspecified atom stereocenters. The van der Waals surface area contributed by atoms with E-state index in [9.17, 15) is 9.18 Å². The molecule has 1 amide bonds. The number of rotatable bonds is 2. The van der Waals surface area contributed by atoms with Gasteiger partial charge in [-0.05, 0) is 18.9 Å². The molecule has 4 heterocycles. The third-order valence-corrected chi connectivity index (χ3v) is 6.77. The van der Waals surface area contributed by atoms with Gasteiger partial charge in [-0.15, -0.1) is 11.8 Å². The van der Waals surface area contributed by atoms with Gasteiger partial charge in [-0.25, -0.2) is 4.39 Å². The third-order valence-electron chi connectivity index (χ3n) is 5.63. The van der Waals surface area contributed by atoms with Gasteiger partial charge in [0.25, 0.3) is 5.91 Å². The van der Waals surface area contributed by atoms with Crippen LogP contribution < -0.4 is 0 Å². The van der Waals surface area contributed by atoms with Gasteiger partial charge in [-0.2, -0.15) is 5.10 Å². The Morgan fingerprint density at radius 3 is 2.68 bits per heavy atom. The number of ether oxygens (including phenoxy) is 2. The predicted molar refractivity (Wildman–Crippen MR) is 103 cm³/mol. The van der Waals surface area contributed by atoms with Gasteiger partial charge >= 0.3 is 0 Å². The first-order valence-electron chi connectivity index (χ1n) is 9.72. The second kappa shape index (κ2) is 7.50. The van der Waals surface area contributed by atoms with Crippen molar-refractivity contribution in [1.82, 2.24) is 14.7 Å². The largest absolute Gasteiger partial charge is 0.381 e. The summed E-state index contributed by atoms with van der Waals surface area (Å²) in [5.74, 6) is 0.289. The number of hydrogen-bond acceptors (Lipinski definition) is 5. The molecule has 28 heavy (non-hydrogen) atoms. The number of amides is 1. The predicted octanol–water partition coefficient (Wildman–Crippen LogP) is 3.12. The molecule has 0 atom stereocenters. The van der Waals surface area contributed by atoms with Crippen molar-refractivity contribution in [2.24, 2.45) is 0 Å². The average Bonchev–Trinajstić information content (AvgIpc) is 3.15. The quantitative estimate of drug-likeness (QED) is 0.771. The zero-order chi connectivity index (χ0) is 19.1. The molecule has 1 aromatic heterocycles. The van der Waals surface area contributed by atoms with Gasteiger partial charge in [0, 0.05) is 43.2 Å². The van der Waals surface area contributed by atoms with Crippen LogP contribution in [0.15, 0.2) is 23.1 Å². The summed E-state index contributed by atoms with van der Waals surface area (Å²) in [5, 5.41) is 4.81. The minimum Gasteiger partial charge on any atom is -0.381 e. The number of aromatic nitrogens is 2. The molecule has 2 fully saturated rings. The zero-order valence-corrected chi connectivity index (χ0v) is 16.3. The number of halogens is 1. The highest BCUT2D eigenvalue weighted by Crippen LogP contribution is 2.45. The van der Waals surface area contributed by atoms with Crippen molar-refractivity contribution in [3.8, 4) is 11.3 Å². The molecule has 2 aromatic rings. The van der Waals surface area contributed by atoms with E-state index in [-0.39, 0.29) is 17.8 Å². The van der Waals surface area contributed by atoms with E-state index in [1.165, 1.54) is 17.8 Å². The van der Waals surface area contributed by atoms with Crippen LogP contribution in [0, 0.1) is 5.82 Å². The lowest BCUT2D eigenvalue weighted by Gasteiger charge is -2.26. The molecule has 0 spiro atoms. The smallest absolute Gasteiger partial charge is 0.274 e. The fourth-order valence-corrected chi connectivity index (χ4v) is 5.25. The molecule has 0 bridgehead atoms. The maximum atomic E-state index is 14.4. The van der Waals surface area contributed by atoms with Crippen LogP contribution in [-0.4, -0.2) is 60.1 Å². The van der Waals surface area contributed by atoms with E-state index in [1.807, 2.05) is 15.6 Å². The molecule has 2 saturated heterocycles. The first-order valence-corrected chi connectivity index (χ1v) is 10.7. The summed E-state index contributed by atoms with van der Waals surface area (Å²) in [6, 6.07) is 5.32. The summed E-state index contributed by atoms with van der Waals surface area (Å²) in [6.07, 6.45) is 1.69. The van der Waals surface area contributed by atoms with Gasteiger partial charge in [0.1, 0.15) is 5.82 Å². The molecule has 8 heteroatoms. The van der Waals surface area contributed by atoms with Gasteiger partial charge in [0.15, 0.2) is 5.69 Å². The Kier molecular flexibility index (Phi) is 4.86. The summed E-state index contributed by atoms with van der Waals surface area (Å²) in [5.41, 5.74) is 3.17. The fourth-order valence-electron chi connectivity index (χ4n) is 4.16. The Morgan fingerprint density at radius 2 is 1.89 bits per heavy atom. The summed E-state index contributed by atoms with van der Waals surface area (Å²) < 4.78 is 27.3. The van der Waals surface area contributed by atoms with Gasteiger partial charge in [-0.1, -0.05) is 12.1 Å². The van der Waals surface area contributed by atoms with Crippen molar-refractivity contribution >= 4 is 17.7 Å².